The van der Waals surface area contributed by atoms with Crippen molar-refractivity contribution in [1.29, 1.82) is 0 Å². The molecule has 0 aromatic heterocycles. The molecule has 100 valence electrons. The number of ether oxygens (including phenoxy) is 1. The summed E-state index contributed by atoms with van der Waals surface area (Å²) in [7, 11) is 0. The van der Waals surface area contributed by atoms with Gasteiger partial charge in [0.05, 0.1) is 19.3 Å². The van der Waals surface area contributed by atoms with E-state index in [4.69, 9.17) is 10.5 Å². The molecule has 0 spiro atoms. The highest BCUT2D eigenvalue weighted by Crippen LogP contribution is 2.28. The molecule has 1 fully saturated rings. The van der Waals surface area contributed by atoms with Gasteiger partial charge in [-0.3, -0.25) is 0 Å². The van der Waals surface area contributed by atoms with Gasteiger partial charge in [0, 0.05) is 24.8 Å². The number of nitrogens with zero attached hydrogens (tertiary/aromatic N) is 1. The van der Waals surface area contributed by atoms with Crippen molar-refractivity contribution in [3.63, 3.8) is 0 Å². The molecule has 0 saturated carbocycles. The smallest absolute Gasteiger partial charge is 0.0980 e. The van der Waals surface area contributed by atoms with E-state index in [-0.39, 0.29) is 18.8 Å². The van der Waals surface area contributed by atoms with E-state index in [0.717, 1.165) is 19.5 Å². The Bertz CT molecular complexity index is 384. The number of benzene rings is 1. The second-order valence-corrected chi connectivity index (χ2v) is 4.69. The lowest BCUT2D eigenvalue weighted by molar-refractivity contribution is 0.00351. The van der Waals surface area contributed by atoms with E-state index >= 15 is 0 Å². The number of hydrogen-bond donors (Lipinski definition) is 2. The highest BCUT2D eigenvalue weighted by atomic mass is 16.5. The van der Waals surface area contributed by atoms with Crippen molar-refractivity contribution in [3.8, 4) is 0 Å². The van der Waals surface area contributed by atoms with Crippen LogP contribution < -0.4 is 10.6 Å². The third kappa shape index (κ3) is 2.83. The van der Waals surface area contributed by atoms with Gasteiger partial charge in [0.2, 0.25) is 0 Å². The Balaban J connectivity index is 2.21. The van der Waals surface area contributed by atoms with Crippen molar-refractivity contribution in [3.05, 3.63) is 29.8 Å². The van der Waals surface area contributed by atoms with Gasteiger partial charge in [-0.05, 0) is 18.1 Å². The van der Waals surface area contributed by atoms with Crippen LogP contribution in [-0.2, 0) is 4.74 Å². The second-order valence-electron chi connectivity index (χ2n) is 4.69. The number of aliphatic hydroxyl groups excluding tert-OH is 1. The minimum absolute atomic E-state index is 0.0663. The number of rotatable bonds is 4. The Hall–Kier alpha value is -1.10. The Morgan fingerprint density at radius 3 is 3.00 bits per heavy atom. The van der Waals surface area contributed by atoms with Gasteiger partial charge < -0.3 is 20.5 Å². The lowest BCUT2D eigenvalue weighted by atomic mass is 10.0. The normalized spacial score (nSPS) is 21.9. The third-order valence-electron chi connectivity index (χ3n) is 3.46. The summed E-state index contributed by atoms with van der Waals surface area (Å²) in [5.74, 6) is 0. The van der Waals surface area contributed by atoms with E-state index in [1.165, 1.54) is 11.3 Å². The van der Waals surface area contributed by atoms with Crippen LogP contribution in [0.4, 0.5) is 5.69 Å². The summed E-state index contributed by atoms with van der Waals surface area (Å²) in [6.45, 7) is 4.39. The topological polar surface area (TPSA) is 58.7 Å². The maximum Gasteiger partial charge on any atom is 0.0980 e. The van der Waals surface area contributed by atoms with Crippen LogP contribution in [0.25, 0.3) is 0 Å². The molecule has 3 N–H and O–H groups in total. The zero-order chi connectivity index (χ0) is 13.0. The summed E-state index contributed by atoms with van der Waals surface area (Å²) in [5, 5.41) is 9.20. The van der Waals surface area contributed by atoms with Gasteiger partial charge in [-0.1, -0.05) is 25.1 Å². The van der Waals surface area contributed by atoms with Crippen molar-refractivity contribution in [2.45, 2.75) is 25.5 Å². The first-order valence-corrected chi connectivity index (χ1v) is 6.58. The summed E-state index contributed by atoms with van der Waals surface area (Å²) in [4.78, 5) is 2.26. The first kappa shape index (κ1) is 13.3. The molecule has 2 unspecified atom stereocenters. The van der Waals surface area contributed by atoms with Gasteiger partial charge in [0.25, 0.3) is 0 Å². The zero-order valence-electron chi connectivity index (χ0n) is 10.9. The summed E-state index contributed by atoms with van der Waals surface area (Å²) in [6.07, 6.45) is 0.829. The number of aliphatic hydroxyl groups is 1. The molecule has 2 atom stereocenters. The molecular formula is C14H22N2O2. The maximum absolute atomic E-state index is 9.20. The fourth-order valence-electron chi connectivity index (χ4n) is 2.36. The molecule has 0 radical (unpaired) electrons. The summed E-state index contributed by atoms with van der Waals surface area (Å²) < 4.78 is 5.48. The molecule has 4 nitrogen and oxygen atoms in total. The number of morpholine rings is 1. The average Bonchev–Trinajstić information content (AvgIpc) is 2.46. The number of hydrogen-bond acceptors (Lipinski definition) is 4. The molecular weight excluding hydrogens is 228 g/mol. The molecule has 1 aromatic carbocycles. The van der Waals surface area contributed by atoms with E-state index in [1.807, 2.05) is 12.1 Å². The number of nitrogens with two attached hydrogens (primary N) is 1. The molecule has 2 rings (SSSR count). The van der Waals surface area contributed by atoms with Crippen LogP contribution in [0.2, 0.25) is 0 Å². The SMILES string of the molecule is CCC(N)c1ccccc1N1CCOC(CO)C1. The molecule has 18 heavy (non-hydrogen) atoms. The third-order valence-corrected chi connectivity index (χ3v) is 3.46. The van der Waals surface area contributed by atoms with Crippen molar-refractivity contribution < 1.29 is 9.84 Å². The Morgan fingerprint density at radius 1 is 1.50 bits per heavy atom. The van der Waals surface area contributed by atoms with Gasteiger partial charge >= 0.3 is 0 Å². The largest absolute Gasteiger partial charge is 0.394 e. The Labute approximate surface area is 108 Å². The van der Waals surface area contributed by atoms with Gasteiger partial charge in [-0.25, -0.2) is 0 Å². The molecule has 0 aliphatic carbocycles. The van der Waals surface area contributed by atoms with Gasteiger partial charge in [0.1, 0.15) is 0 Å². The molecule has 1 heterocycles. The maximum atomic E-state index is 9.20. The van der Waals surface area contributed by atoms with E-state index < -0.39 is 0 Å². The molecule has 0 bridgehead atoms. The highest BCUT2D eigenvalue weighted by Gasteiger charge is 2.22. The quantitative estimate of drug-likeness (QED) is 0.845. The Kier molecular flexibility index (Phi) is 4.58. The number of para-hydroxylation sites is 1. The second kappa shape index (κ2) is 6.18. The van der Waals surface area contributed by atoms with Gasteiger partial charge in [-0.15, -0.1) is 0 Å². The van der Waals surface area contributed by atoms with E-state index in [9.17, 15) is 5.11 Å². The van der Waals surface area contributed by atoms with E-state index in [0.29, 0.717) is 6.61 Å². The molecule has 1 aliphatic heterocycles. The van der Waals surface area contributed by atoms with Crippen LogP contribution in [0.5, 0.6) is 0 Å². The van der Waals surface area contributed by atoms with E-state index in [2.05, 4.69) is 24.0 Å². The molecule has 1 saturated heterocycles. The fourth-order valence-corrected chi connectivity index (χ4v) is 2.36. The van der Waals surface area contributed by atoms with Crippen molar-refractivity contribution in [2.24, 2.45) is 5.73 Å². The number of anilines is 1. The molecule has 4 heteroatoms. The van der Waals surface area contributed by atoms with Crippen LogP contribution in [-0.4, -0.2) is 37.5 Å². The zero-order valence-corrected chi connectivity index (χ0v) is 10.9. The highest BCUT2D eigenvalue weighted by molar-refractivity contribution is 5.55. The average molecular weight is 250 g/mol. The lowest BCUT2D eigenvalue weighted by Crippen LogP contribution is -2.44. The van der Waals surface area contributed by atoms with Crippen LogP contribution >= 0.6 is 0 Å². The summed E-state index contributed by atoms with van der Waals surface area (Å²) in [5.41, 5.74) is 8.52. The predicted octanol–water partition coefficient (Wildman–Crippen LogP) is 1.29. The van der Waals surface area contributed by atoms with E-state index in [1.54, 1.807) is 0 Å². The summed E-state index contributed by atoms with van der Waals surface area (Å²) in [6, 6.07) is 8.32. The van der Waals surface area contributed by atoms with Gasteiger partial charge in [-0.2, -0.15) is 0 Å². The van der Waals surface area contributed by atoms with Crippen LogP contribution in [0.15, 0.2) is 24.3 Å². The molecule has 1 aromatic rings. The fraction of sp³-hybridized carbons (Fsp3) is 0.571. The standard InChI is InChI=1S/C14H22N2O2/c1-2-13(15)12-5-3-4-6-14(12)16-7-8-18-11(9-16)10-17/h3-6,11,13,17H,2,7-10,15H2,1H3. The first-order valence-electron chi connectivity index (χ1n) is 6.58. The molecule has 0 amide bonds. The van der Waals surface area contributed by atoms with Crippen LogP contribution in [0.3, 0.4) is 0 Å². The van der Waals surface area contributed by atoms with Crippen LogP contribution in [0, 0.1) is 0 Å². The van der Waals surface area contributed by atoms with Crippen molar-refractivity contribution >= 4 is 5.69 Å². The molecule has 1 aliphatic rings. The minimum Gasteiger partial charge on any atom is -0.394 e. The van der Waals surface area contributed by atoms with Crippen molar-refractivity contribution in [2.75, 3.05) is 31.2 Å². The summed E-state index contributed by atoms with van der Waals surface area (Å²) >= 11 is 0. The minimum atomic E-state index is -0.0929. The monoisotopic (exact) mass is 250 g/mol. The lowest BCUT2D eigenvalue weighted by Gasteiger charge is -2.35. The van der Waals surface area contributed by atoms with Crippen molar-refractivity contribution in [1.82, 2.24) is 0 Å². The first-order chi connectivity index (χ1) is 8.76. The Morgan fingerprint density at radius 2 is 2.28 bits per heavy atom. The van der Waals surface area contributed by atoms with Crippen LogP contribution in [0.1, 0.15) is 24.9 Å². The predicted molar refractivity (Wildman–Crippen MR) is 72.7 cm³/mol. The van der Waals surface area contributed by atoms with Gasteiger partial charge in [0.15, 0.2) is 0 Å².